The first-order valence-corrected chi connectivity index (χ1v) is 5.15. The van der Waals surface area contributed by atoms with Crippen molar-refractivity contribution in [1.82, 2.24) is 0 Å². The molecule has 1 rings (SSSR count). The molecule has 1 aromatic carbocycles. The number of hydrogen-bond donors (Lipinski definition) is 0. The van der Waals surface area contributed by atoms with Crippen molar-refractivity contribution in [1.29, 1.82) is 0 Å². The van der Waals surface area contributed by atoms with Gasteiger partial charge in [-0.3, -0.25) is 0 Å². The average molecular weight is 331 g/mol. The number of halogens is 3. The minimum absolute atomic E-state index is 0.567. The van der Waals surface area contributed by atoms with E-state index in [9.17, 15) is 0 Å². The third kappa shape index (κ3) is 1.86. The Bertz CT molecular complexity index is 237. The van der Waals surface area contributed by atoms with Gasteiger partial charge in [0, 0.05) is 13.9 Å². The van der Waals surface area contributed by atoms with Crippen molar-refractivity contribution < 1.29 is 0 Å². The number of rotatable bonds is 1. The van der Waals surface area contributed by atoms with Crippen LogP contribution in [-0.2, 0) is 5.88 Å². The van der Waals surface area contributed by atoms with Gasteiger partial charge >= 0.3 is 0 Å². The maximum atomic E-state index is 5.67. The predicted octanol–water partition coefficient (Wildman–Crippen LogP) is 3.79. The molecule has 0 aromatic heterocycles. The fraction of sp³-hybridized carbons (Fsp3) is 0.143. The van der Waals surface area contributed by atoms with Crippen LogP contribution in [0.2, 0.25) is 0 Å². The zero-order chi connectivity index (χ0) is 7.56. The third-order valence-electron chi connectivity index (χ3n) is 1.18. The van der Waals surface area contributed by atoms with Crippen molar-refractivity contribution in [3.63, 3.8) is 0 Å². The molecule has 0 saturated carbocycles. The van der Waals surface area contributed by atoms with Crippen LogP contribution in [0.25, 0.3) is 0 Å². The summed E-state index contributed by atoms with van der Waals surface area (Å²) in [6, 6.07) is 6.06. The number of hydrogen-bond acceptors (Lipinski definition) is 0. The Morgan fingerprint density at radius 1 is 1.50 bits per heavy atom. The first-order valence-electron chi connectivity index (χ1n) is 2.74. The van der Waals surface area contributed by atoms with Crippen LogP contribution in [0.4, 0.5) is 0 Å². The molecule has 3 heteroatoms. The van der Waals surface area contributed by atoms with Crippen molar-refractivity contribution in [3.8, 4) is 0 Å². The second-order valence-corrected chi connectivity index (χ2v) is 4.07. The average Bonchev–Trinajstić information content (AvgIpc) is 1.95. The van der Waals surface area contributed by atoms with Gasteiger partial charge in [0.15, 0.2) is 0 Å². The van der Waals surface area contributed by atoms with Gasteiger partial charge in [-0.25, -0.2) is 0 Å². The van der Waals surface area contributed by atoms with E-state index in [-0.39, 0.29) is 0 Å². The Labute approximate surface area is 87.2 Å². The van der Waals surface area contributed by atoms with E-state index in [2.05, 4.69) is 38.5 Å². The maximum Gasteiger partial charge on any atom is 0.0485 e. The molecule has 0 aliphatic carbocycles. The molecule has 10 heavy (non-hydrogen) atoms. The highest BCUT2D eigenvalue weighted by atomic mass is 127. The highest BCUT2D eigenvalue weighted by Gasteiger charge is 1.99. The standard InChI is InChI=1S/C7H5BrClI/c8-7-5(4-9)2-1-3-6(7)10/h1-3H,4H2. The molecule has 0 saturated heterocycles. The van der Waals surface area contributed by atoms with Gasteiger partial charge in [-0.1, -0.05) is 12.1 Å². The van der Waals surface area contributed by atoms with E-state index in [0.717, 1.165) is 10.0 Å². The molecule has 0 atom stereocenters. The first-order chi connectivity index (χ1) is 4.75. The Balaban J connectivity index is 3.14. The van der Waals surface area contributed by atoms with Crippen molar-refractivity contribution in [2.45, 2.75) is 5.88 Å². The van der Waals surface area contributed by atoms with E-state index in [0.29, 0.717) is 5.88 Å². The SMILES string of the molecule is ClCc1cccc(I)c1Br. The molecule has 0 nitrogen and oxygen atoms in total. The minimum Gasteiger partial charge on any atom is -0.122 e. The van der Waals surface area contributed by atoms with Crippen LogP contribution in [0.5, 0.6) is 0 Å². The molecule has 0 heterocycles. The monoisotopic (exact) mass is 330 g/mol. The van der Waals surface area contributed by atoms with E-state index in [1.165, 1.54) is 3.57 Å². The van der Waals surface area contributed by atoms with Crippen LogP contribution in [0.1, 0.15) is 5.56 Å². The molecule has 54 valence electrons. The van der Waals surface area contributed by atoms with Crippen molar-refractivity contribution in [2.24, 2.45) is 0 Å². The normalized spacial score (nSPS) is 9.90. The lowest BCUT2D eigenvalue weighted by atomic mass is 10.2. The van der Waals surface area contributed by atoms with E-state index >= 15 is 0 Å². The van der Waals surface area contributed by atoms with E-state index in [4.69, 9.17) is 11.6 Å². The van der Waals surface area contributed by atoms with Gasteiger partial charge in [0.2, 0.25) is 0 Å². The second-order valence-electron chi connectivity index (χ2n) is 1.85. The summed E-state index contributed by atoms with van der Waals surface area (Å²) in [6.07, 6.45) is 0. The molecule has 0 unspecified atom stereocenters. The fourth-order valence-electron chi connectivity index (χ4n) is 0.652. The summed E-state index contributed by atoms with van der Waals surface area (Å²) < 4.78 is 2.32. The van der Waals surface area contributed by atoms with E-state index in [1.807, 2.05) is 18.2 Å². The quantitative estimate of drug-likeness (QED) is 0.542. The molecule has 0 radical (unpaired) electrons. The lowest BCUT2D eigenvalue weighted by molar-refractivity contribution is 1.35. The summed E-state index contributed by atoms with van der Waals surface area (Å²) in [7, 11) is 0. The van der Waals surface area contributed by atoms with Crippen LogP contribution < -0.4 is 0 Å². The van der Waals surface area contributed by atoms with Gasteiger partial charge in [0.1, 0.15) is 0 Å². The molecule has 0 bridgehead atoms. The summed E-state index contributed by atoms with van der Waals surface area (Å²) >= 11 is 11.4. The summed E-state index contributed by atoms with van der Waals surface area (Å²) in [6.45, 7) is 0. The van der Waals surface area contributed by atoms with Gasteiger partial charge in [-0.15, -0.1) is 11.6 Å². The van der Waals surface area contributed by atoms with Crippen LogP contribution in [0.15, 0.2) is 22.7 Å². The Kier molecular flexibility index (Phi) is 3.46. The Morgan fingerprint density at radius 3 is 2.70 bits per heavy atom. The zero-order valence-electron chi connectivity index (χ0n) is 5.07. The van der Waals surface area contributed by atoms with Crippen molar-refractivity contribution in [2.75, 3.05) is 0 Å². The van der Waals surface area contributed by atoms with Crippen LogP contribution in [-0.4, -0.2) is 0 Å². The van der Waals surface area contributed by atoms with E-state index in [1.54, 1.807) is 0 Å². The van der Waals surface area contributed by atoms with Crippen LogP contribution in [0.3, 0.4) is 0 Å². The van der Waals surface area contributed by atoms with Gasteiger partial charge in [0.25, 0.3) is 0 Å². The number of alkyl halides is 1. The van der Waals surface area contributed by atoms with Crippen molar-refractivity contribution >= 4 is 50.1 Å². The summed E-state index contributed by atoms with van der Waals surface area (Å²) in [5.74, 6) is 0.567. The van der Waals surface area contributed by atoms with Crippen molar-refractivity contribution in [3.05, 3.63) is 31.8 Å². The molecule has 0 aliphatic heterocycles. The Morgan fingerprint density at radius 2 is 2.20 bits per heavy atom. The molecular weight excluding hydrogens is 326 g/mol. The summed E-state index contributed by atoms with van der Waals surface area (Å²) in [5.41, 5.74) is 1.15. The highest BCUT2D eigenvalue weighted by molar-refractivity contribution is 14.1. The fourth-order valence-corrected chi connectivity index (χ4v) is 1.99. The maximum absolute atomic E-state index is 5.67. The van der Waals surface area contributed by atoms with Crippen LogP contribution in [0, 0.1) is 3.57 Å². The molecule has 0 amide bonds. The summed E-state index contributed by atoms with van der Waals surface area (Å²) in [5, 5.41) is 0. The Hall–Kier alpha value is 0.720. The first kappa shape index (κ1) is 8.81. The van der Waals surface area contributed by atoms with Gasteiger partial charge < -0.3 is 0 Å². The lowest BCUT2D eigenvalue weighted by Crippen LogP contribution is -1.82. The molecule has 0 fully saturated rings. The molecule has 0 N–H and O–H groups in total. The largest absolute Gasteiger partial charge is 0.122 e. The van der Waals surface area contributed by atoms with Crippen LogP contribution >= 0.6 is 50.1 Å². The lowest BCUT2D eigenvalue weighted by Gasteiger charge is -2.00. The molecule has 0 spiro atoms. The predicted molar refractivity (Wildman–Crippen MR) is 56.4 cm³/mol. The van der Waals surface area contributed by atoms with Gasteiger partial charge in [-0.05, 0) is 50.2 Å². The number of benzene rings is 1. The minimum atomic E-state index is 0.567. The topological polar surface area (TPSA) is 0 Å². The van der Waals surface area contributed by atoms with E-state index < -0.39 is 0 Å². The van der Waals surface area contributed by atoms with Gasteiger partial charge in [0.05, 0.1) is 0 Å². The zero-order valence-corrected chi connectivity index (χ0v) is 9.57. The molecule has 0 aliphatic rings. The summed E-state index contributed by atoms with van der Waals surface area (Å²) in [4.78, 5) is 0. The highest BCUT2D eigenvalue weighted by Crippen LogP contribution is 2.24. The molecular formula is C7H5BrClI. The smallest absolute Gasteiger partial charge is 0.0485 e. The third-order valence-corrected chi connectivity index (χ3v) is 4.04. The molecule has 1 aromatic rings. The second kappa shape index (κ2) is 3.93. The van der Waals surface area contributed by atoms with Gasteiger partial charge in [-0.2, -0.15) is 0 Å².